The highest BCUT2D eigenvalue weighted by Gasteiger charge is 2.31. The van der Waals surface area contributed by atoms with Gasteiger partial charge in [-0.2, -0.15) is 5.10 Å². The molecule has 1 atom stereocenters. The molecule has 3 rings (SSSR count). The lowest BCUT2D eigenvalue weighted by molar-refractivity contribution is 0.346. The summed E-state index contributed by atoms with van der Waals surface area (Å²) in [6.07, 6.45) is 0.647. The van der Waals surface area contributed by atoms with Crippen LogP contribution in [-0.2, 0) is 16.4 Å². The lowest BCUT2D eigenvalue weighted by Crippen LogP contribution is -2.21. The van der Waals surface area contributed by atoms with E-state index in [9.17, 15) is 12.8 Å². The first-order chi connectivity index (χ1) is 12.7. The Kier molecular flexibility index (Phi) is 6.28. The van der Waals surface area contributed by atoms with E-state index in [1.807, 2.05) is 18.5 Å². The molecule has 1 fully saturated rings. The molecule has 27 heavy (non-hydrogen) atoms. The van der Waals surface area contributed by atoms with E-state index >= 15 is 0 Å². The van der Waals surface area contributed by atoms with E-state index in [-0.39, 0.29) is 23.4 Å². The Labute approximate surface area is 164 Å². The van der Waals surface area contributed by atoms with Gasteiger partial charge in [0.2, 0.25) is 0 Å². The molecule has 0 aliphatic carbocycles. The minimum atomic E-state index is -2.93. The standard InChI is InChI=1S/C19H26FN3O2S2/c1-14-19(15(2)23(21-14)17-8-11-27(24,25)13-17)12-22(3)9-10-26-18-6-4-16(20)5-7-18/h4-7,17H,8-13H2,1-3H3/t17-/m0/s1. The zero-order chi connectivity index (χ0) is 19.6. The fourth-order valence-corrected chi connectivity index (χ4v) is 6.11. The maximum atomic E-state index is 13.0. The Hall–Kier alpha value is -1.38. The SMILES string of the molecule is Cc1nn([C@H]2CCS(=O)(=O)C2)c(C)c1CN(C)CCSc1ccc(F)cc1. The van der Waals surface area contributed by atoms with Crippen molar-refractivity contribution >= 4 is 21.6 Å². The van der Waals surface area contributed by atoms with Crippen molar-refractivity contribution in [3.63, 3.8) is 0 Å². The van der Waals surface area contributed by atoms with Crippen molar-refractivity contribution < 1.29 is 12.8 Å². The molecule has 0 bridgehead atoms. The molecule has 1 aliphatic rings. The number of sulfone groups is 1. The molecular weight excluding hydrogens is 385 g/mol. The van der Waals surface area contributed by atoms with E-state index in [0.29, 0.717) is 6.42 Å². The van der Waals surface area contributed by atoms with Crippen molar-refractivity contribution in [1.82, 2.24) is 14.7 Å². The highest BCUT2D eigenvalue weighted by atomic mass is 32.2. The van der Waals surface area contributed by atoms with Gasteiger partial charge in [0.25, 0.3) is 0 Å². The summed E-state index contributed by atoms with van der Waals surface area (Å²) in [5, 5.41) is 4.63. The average Bonchev–Trinajstić information content (AvgIpc) is 3.10. The van der Waals surface area contributed by atoms with Crippen LogP contribution in [0, 0.1) is 19.7 Å². The molecule has 0 unspecified atom stereocenters. The average molecular weight is 412 g/mol. The highest BCUT2D eigenvalue weighted by molar-refractivity contribution is 7.99. The van der Waals surface area contributed by atoms with Crippen LogP contribution in [0.1, 0.15) is 29.4 Å². The van der Waals surface area contributed by atoms with E-state index in [0.717, 1.165) is 35.1 Å². The van der Waals surface area contributed by atoms with Crippen molar-refractivity contribution in [3.05, 3.63) is 47.0 Å². The largest absolute Gasteiger partial charge is 0.301 e. The molecule has 1 aliphatic heterocycles. The van der Waals surface area contributed by atoms with E-state index in [1.54, 1.807) is 23.9 Å². The summed E-state index contributed by atoms with van der Waals surface area (Å²) in [6, 6.07) is 6.52. The van der Waals surface area contributed by atoms with Crippen molar-refractivity contribution in [2.75, 3.05) is 30.9 Å². The van der Waals surface area contributed by atoms with E-state index in [1.165, 1.54) is 17.7 Å². The molecule has 1 saturated heterocycles. The van der Waals surface area contributed by atoms with E-state index in [2.05, 4.69) is 17.0 Å². The topological polar surface area (TPSA) is 55.2 Å². The lowest BCUT2D eigenvalue weighted by atomic mass is 10.1. The third kappa shape index (κ3) is 5.12. The molecule has 0 radical (unpaired) electrons. The molecule has 0 spiro atoms. The molecule has 8 heteroatoms. The second-order valence-corrected chi connectivity index (χ2v) is 10.6. The summed E-state index contributed by atoms with van der Waals surface area (Å²) in [6.45, 7) is 5.69. The summed E-state index contributed by atoms with van der Waals surface area (Å²) in [5.74, 6) is 1.15. The molecule has 2 aromatic rings. The smallest absolute Gasteiger partial charge is 0.152 e. The van der Waals surface area contributed by atoms with Gasteiger partial charge in [0, 0.05) is 35.0 Å². The van der Waals surface area contributed by atoms with E-state index < -0.39 is 9.84 Å². The Morgan fingerprint density at radius 1 is 1.30 bits per heavy atom. The number of hydrogen-bond donors (Lipinski definition) is 0. The van der Waals surface area contributed by atoms with Gasteiger partial charge in [-0.15, -0.1) is 11.8 Å². The minimum Gasteiger partial charge on any atom is -0.301 e. The molecule has 1 aromatic heterocycles. The van der Waals surface area contributed by atoms with Gasteiger partial charge < -0.3 is 4.90 Å². The first kappa shape index (κ1) is 20.4. The Morgan fingerprint density at radius 3 is 2.63 bits per heavy atom. The molecule has 1 aromatic carbocycles. The maximum Gasteiger partial charge on any atom is 0.152 e. The third-order valence-corrected chi connectivity index (χ3v) is 7.76. The summed E-state index contributed by atoms with van der Waals surface area (Å²) >= 11 is 1.71. The fourth-order valence-electron chi connectivity index (χ4n) is 3.45. The van der Waals surface area contributed by atoms with Crippen molar-refractivity contribution in [2.24, 2.45) is 0 Å². The van der Waals surface area contributed by atoms with Crippen LogP contribution in [0.2, 0.25) is 0 Å². The van der Waals surface area contributed by atoms with Gasteiger partial charge in [0.15, 0.2) is 9.84 Å². The quantitative estimate of drug-likeness (QED) is 0.655. The summed E-state index contributed by atoms with van der Waals surface area (Å²) in [4.78, 5) is 3.30. The van der Waals surface area contributed by atoms with Gasteiger partial charge in [0.05, 0.1) is 23.2 Å². The normalized spacial score (nSPS) is 19.1. The maximum absolute atomic E-state index is 13.0. The van der Waals surface area contributed by atoms with Crippen LogP contribution in [0.3, 0.4) is 0 Å². The van der Waals surface area contributed by atoms with Gasteiger partial charge in [-0.3, -0.25) is 4.68 Å². The Bertz CT molecular complexity index is 894. The number of hydrogen-bond acceptors (Lipinski definition) is 5. The second kappa shape index (κ2) is 8.32. The minimum absolute atomic E-state index is 0.0400. The second-order valence-electron chi connectivity index (χ2n) is 7.19. The number of aryl methyl sites for hydroxylation is 1. The van der Waals surface area contributed by atoms with Gasteiger partial charge in [-0.05, 0) is 51.6 Å². The van der Waals surface area contributed by atoms with Crippen molar-refractivity contribution in [1.29, 1.82) is 0 Å². The zero-order valence-electron chi connectivity index (χ0n) is 16.0. The Morgan fingerprint density at radius 2 is 2.00 bits per heavy atom. The van der Waals surface area contributed by atoms with Crippen molar-refractivity contribution in [2.45, 2.75) is 37.8 Å². The number of benzene rings is 1. The van der Waals surface area contributed by atoms with Gasteiger partial charge in [-0.25, -0.2) is 12.8 Å². The third-order valence-electron chi connectivity index (χ3n) is 5.01. The zero-order valence-corrected chi connectivity index (χ0v) is 17.6. The van der Waals surface area contributed by atoms with Crippen LogP contribution in [0.15, 0.2) is 29.2 Å². The summed E-state index contributed by atoms with van der Waals surface area (Å²) < 4.78 is 38.4. The molecule has 2 heterocycles. The predicted molar refractivity (Wildman–Crippen MR) is 107 cm³/mol. The van der Waals surface area contributed by atoms with Gasteiger partial charge in [-0.1, -0.05) is 0 Å². The number of nitrogens with zero attached hydrogens (tertiary/aromatic N) is 3. The molecule has 0 saturated carbocycles. The van der Waals surface area contributed by atoms with Crippen LogP contribution in [0.5, 0.6) is 0 Å². The van der Waals surface area contributed by atoms with Crippen molar-refractivity contribution in [3.8, 4) is 0 Å². The monoisotopic (exact) mass is 411 g/mol. The highest BCUT2D eigenvalue weighted by Crippen LogP contribution is 2.27. The number of aromatic nitrogens is 2. The number of rotatable bonds is 7. The van der Waals surface area contributed by atoms with Crippen LogP contribution in [-0.4, -0.2) is 53.9 Å². The van der Waals surface area contributed by atoms with Crippen LogP contribution >= 0.6 is 11.8 Å². The predicted octanol–water partition coefficient (Wildman–Crippen LogP) is 3.22. The Balaban J connectivity index is 1.57. The first-order valence-corrected chi connectivity index (χ1v) is 11.9. The molecule has 0 amide bonds. The summed E-state index contributed by atoms with van der Waals surface area (Å²) in [7, 11) is -0.855. The number of thioether (sulfide) groups is 1. The molecular formula is C19H26FN3O2S2. The molecule has 148 valence electrons. The van der Waals surface area contributed by atoms with Crippen LogP contribution in [0.25, 0.3) is 0 Å². The molecule has 0 N–H and O–H groups in total. The van der Waals surface area contributed by atoms with Gasteiger partial charge >= 0.3 is 0 Å². The van der Waals surface area contributed by atoms with Gasteiger partial charge in [0.1, 0.15) is 5.82 Å². The number of halogens is 1. The van der Waals surface area contributed by atoms with Crippen LogP contribution < -0.4 is 0 Å². The first-order valence-electron chi connectivity index (χ1n) is 9.07. The lowest BCUT2D eigenvalue weighted by Gasteiger charge is -2.17. The fraction of sp³-hybridized carbons (Fsp3) is 0.526. The van der Waals surface area contributed by atoms with E-state index in [4.69, 9.17) is 0 Å². The van der Waals surface area contributed by atoms with Crippen LogP contribution in [0.4, 0.5) is 4.39 Å². The summed E-state index contributed by atoms with van der Waals surface area (Å²) in [5.41, 5.74) is 3.20. The molecule has 5 nitrogen and oxygen atoms in total.